The van der Waals surface area contributed by atoms with Gasteiger partial charge in [-0.15, -0.1) is 0 Å². The van der Waals surface area contributed by atoms with Crippen LogP contribution in [-0.4, -0.2) is 44.9 Å². The third-order valence-electron chi connectivity index (χ3n) is 4.21. The van der Waals surface area contributed by atoms with Gasteiger partial charge in [-0.3, -0.25) is 4.79 Å². The summed E-state index contributed by atoms with van der Waals surface area (Å²) >= 11 is 0. The number of hydrogen-bond donors (Lipinski definition) is 1. The number of carbonyl (C=O) groups is 2. The molecule has 0 aliphatic carbocycles. The molecule has 2 rings (SSSR count). The van der Waals surface area contributed by atoms with E-state index in [0.717, 1.165) is 4.57 Å². The van der Waals surface area contributed by atoms with Gasteiger partial charge < -0.3 is 19.4 Å². The quantitative estimate of drug-likeness (QED) is 0.714. The zero-order valence-corrected chi connectivity index (χ0v) is 17.9. The van der Waals surface area contributed by atoms with Gasteiger partial charge in [-0.25, -0.2) is 23.9 Å². The number of aromatic nitrogens is 3. The number of aryl methyl sites for hydroxylation is 1. The first-order chi connectivity index (χ1) is 13.9. The Hall–Kier alpha value is -3.43. The fourth-order valence-electron chi connectivity index (χ4n) is 2.64. The lowest BCUT2D eigenvalue weighted by atomic mass is 10.1. The van der Waals surface area contributed by atoms with Crippen molar-refractivity contribution in [2.75, 3.05) is 7.11 Å². The van der Waals surface area contributed by atoms with Gasteiger partial charge in [0.25, 0.3) is 5.56 Å². The van der Waals surface area contributed by atoms with Crippen LogP contribution < -0.4 is 16.6 Å². The van der Waals surface area contributed by atoms with Crippen molar-refractivity contribution in [3.63, 3.8) is 0 Å². The predicted molar refractivity (Wildman–Crippen MR) is 109 cm³/mol. The van der Waals surface area contributed by atoms with E-state index in [0.29, 0.717) is 11.3 Å². The van der Waals surface area contributed by atoms with Crippen molar-refractivity contribution in [3.8, 4) is 5.82 Å². The van der Waals surface area contributed by atoms with Gasteiger partial charge in [0.05, 0.1) is 7.11 Å². The minimum absolute atomic E-state index is 0.0833. The molecule has 0 fully saturated rings. The molecule has 0 bridgehead atoms. The maximum Gasteiger partial charge on any atom is 0.408 e. The van der Waals surface area contributed by atoms with Gasteiger partial charge in [0.1, 0.15) is 17.5 Å². The highest BCUT2D eigenvalue weighted by Crippen LogP contribution is 2.10. The molecule has 0 unspecified atom stereocenters. The van der Waals surface area contributed by atoms with E-state index in [1.165, 1.54) is 30.0 Å². The monoisotopic (exact) mass is 418 g/mol. The zero-order chi connectivity index (χ0) is 22.6. The van der Waals surface area contributed by atoms with E-state index >= 15 is 0 Å². The van der Waals surface area contributed by atoms with Crippen LogP contribution in [0.2, 0.25) is 0 Å². The van der Waals surface area contributed by atoms with Gasteiger partial charge in [-0.1, -0.05) is 6.07 Å². The van der Waals surface area contributed by atoms with Gasteiger partial charge in [0.15, 0.2) is 0 Å². The number of methoxy groups -OCH3 is 1. The molecule has 0 radical (unpaired) electrons. The summed E-state index contributed by atoms with van der Waals surface area (Å²) in [5, 5.41) is 2.48. The van der Waals surface area contributed by atoms with Crippen molar-refractivity contribution >= 4 is 12.1 Å². The Morgan fingerprint density at radius 2 is 1.90 bits per heavy atom. The van der Waals surface area contributed by atoms with Gasteiger partial charge in [-0.2, -0.15) is 0 Å². The summed E-state index contributed by atoms with van der Waals surface area (Å²) in [6.45, 7) is 6.78. The molecule has 0 aliphatic rings. The van der Waals surface area contributed by atoms with E-state index in [9.17, 15) is 19.2 Å². The number of nitrogens with one attached hydrogen (secondary N) is 1. The molecule has 2 aromatic heterocycles. The van der Waals surface area contributed by atoms with E-state index in [-0.39, 0.29) is 12.2 Å². The summed E-state index contributed by atoms with van der Waals surface area (Å²) in [5.41, 5.74) is -0.607. The number of nitrogens with zero attached hydrogens (tertiary/aromatic N) is 3. The Labute approximate surface area is 173 Å². The Balaban J connectivity index is 2.25. The van der Waals surface area contributed by atoms with Crippen LogP contribution in [0.5, 0.6) is 0 Å². The normalized spacial score (nSPS) is 12.2. The summed E-state index contributed by atoms with van der Waals surface area (Å²) in [4.78, 5) is 52.9. The molecule has 30 heavy (non-hydrogen) atoms. The lowest BCUT2D eigenvalue weighted by Gasteiger charge is -2.22. The number of amides is 1. The van der Waals surface area contributed by atoms with Gasteiger partial charge >= 0.3 is 17.8 Å². The number of carbonyl (C=O) groups excluding carboxylic acids is 2. The van der Waals surface area contributed by atoms with Gasteiger partial charge in [0, 0.05) is 31.4 Å². The van der Waals surface area contributed by atoms with Crippen molar-refractivity contribution < 1.29 is 19.1 Å². The topological polar surface area (TPSA) is 122 Å². The summed E-state index contributed by atoms with van der Waals surface area (Å²) in [7, 11) is 2.78. The lowest BCUT2D eigenvalue weighted by molar-refractivity contribution is -0.143. The standard InChI is InChI=1S/C20H26N4O6/c1-12-9-16(25)24(19(28)23(12)5)15-8-7-13(11-21-15)10-14(17(26)29-6)22-18(27)30-20(2,3)4/h7-9,11,14H,10H2,1-6H3,(H,22,27)/t14-/m0/s1. The minimum Gasteiger partial charge on any atom is -0.467 e. The molecule has 2 aromatic rings. The molecule has 0 aromatic carbocycles. The first kappa shape index (κ1) is 22.9. The van der Waals surface area contributed by atoms with Crippen LogP contribution in [0.3, 0.4) is 0 Å². The van der Waals surface area contributed by atoms with E-state index in [4.69, 9.17) is 9.47 Å². The second-order valence-electron chi connectivity index (χ2n) is 7.75. The number of pyridine rings is 1. The van der Waals surface area contributed by atoms with Crippen LogP contribution in [-0.2, 0) is 27.7 Å². The van der Waals surface area contributed by atoms with Crippen molar-refractivity contribution in [3.05, 3.63) is 56.5 Å². The highest BCUT2D eigenvalue weighted by Gasteiger charge is 2.25. The fourth-order valence-corrected chi connectivity index (χ4v) is 2.64. The van der Waals surface area contributed by atoms with E-state index < -0.39 is 35.0 Å². The van der Waals surface area contributed by atoms with E-state index in [2.05, 4.69) is 10.3 Å². The maximum atomic E-state index is 12.4. The third-order valence-corrected chi connectivity index (χ3v) is 4.21. The summed E-state index contributed by atoms with van der Waals surface area (Å²) in [5.74, 6) is -0.493. The van der Waals surface area contributed by atoms with Crippen LogP contribution in [0.25, 0.3) is 5.82 Å². The Morgan fingerprint density at radius 3 is 2.43 bits per heavy atom. The average Bonchev–Trinajstić information content (AvgIpc) is 2.65. The van der Waals surface area contributed by atoms with Crippen molar-refractivity contribution in [1.82, 2.24) is 19.4 Å². The highest BCUT2D eigenvalue weighted by atomic mass is 16.6. The van der Waals surface area contributed by atoms with Crippen molar-refractivity contribution in [2.24, 2.45) is 7.05 Å². The zero-order valence-electron chi connectivity index (χ0n) is 17.9. The third kappa shape index (κ3) is 5.56. The summed E-state index contributed by atoms with van der Waals surface area (Å²) in [6, 6.07) is 3.46. The molecule has 10 heteroatoms. The first-order valence-corrected chi connectivity index (χ1v) is 9.25. The molecule has 1 N–H and O–H groups in total. The molecular formula is C20H26N4O6. The number of alkyl carbamates (subject to hydrolysis) is 1. The smallest absolute Gasteiger partial charge is 0.408 e. The number of esters is 1. The number of ether oxygens (including phenoxy) is 2. The average molecular weight is 418 g/mol. The molecule has 1 atom stereocenters. The van der Waals surface area contributed by atoms with E-state index in [1.54, 1.807) is 40.8 Å². The lowest BCUT2D eigenvalue weighted by Crippen LogP contribution is -2.45. The van der Waals surface area contributed by atoms with Gasteiger partial charge in [0.2, 0.25) is 0 Å². The largest absolute Gasteiger partial charge is 0.467 e. The van der Waals surface area contributed by atoms with Crippen LogP contribution in [0.15, 0.2) is 34.0 Å². The molecule has 0 saturated carbocycles. The predicted octanol–water partition coefficient (Wildman–Crippen LogP) is 0.848. The second-order valence-corrected chi connectivity index (χ2v) is 7.75. The van der Waals surface area contributed by atoms with Gasteiger partial charge in [-0.05, 0) is 39.3 Å². The van der Waals surface area contributed by atoms with Crippen molar-refractivity contribution in [2.45, 2.75) is 45.8 Å². The maximum absolute atomic E-state index is 12.4. The molecule has 0 spiro atoms. The minimum atomic E-state index is -0.993. The molecule has 10 nitrogen and oxygen atoms in total. The number of rotatable bonds is 5. The van der Waals surface area contributed by atoms with Crippen LogP contribution in [0.4, 0.5) is 4.79 Å². The Bertz CT molecular complexity index is 1050. The van der Waals surface area contributed by atoms with Crippen LogP contribution in [0, 0.1) is 6.92 Å². The van der Waals surface area contributed by atoms with Crippen LogP contribution >= 0.6 is 0 Å². The summed E-state index contributed by atoms with van der Waals surface area (Å²) in [6.07, 6.45) is 0.755. The van der Waals surface area contributed by atoms with E-state index in [1.807, 2.05) is 0 Å². The number of hydrogen-bond acceptors (Lipinski definition) is 7. The molecule has 2 heterocycles. The molecule has 0 saturated heterocycles. The summed E-state index contributed by atoms with van der Waals surface area (Å²) < 4.78 is 12.2. The second kappa shape index (κ2) is 8.93. The SMILES string of the molecule is COC(=O)[C@H](Cc1ccc(-n2c(=O)cc(C)n(C)c2=O)nc1)NC(=O)OC(C)(C)C. The van der Waals surface area contributed by atoms with Crippen molar-refractivity contribution in [1.29, 1.82) is 0 Å². The van der Waals surface area contributed by atoms with Crippen LogP contribution in [0.1, 0.15) is 32.0 Å². The first-order valence-electron chi connectivity index (χ1n) is 9.25. The molecular weight excluding hydrogens is 392 g/mol. The molecule has 1 amide bonds. The molecule has 0 aliphatic heterocycles. The Kier molecular flexibility index (Phi) is 6.81. The highest BCUT2D eigenvalue weighted by molar-refractivity contribution is 5.81. The Morgan fingerprint density at radius 1 is 1.23 bits per heavy atom. The molecule has 162 valence electrons. The fraction of sp³-hybridized carbons (Fsp3) is 0.450.